The van der Waals surface area contributed by atoms with E-state index in [1.54, 1.807) is 48.5 Å². The van der Waals surface area contributed by atoms with Gasteiger partial charge in [-0.05, 0) is 69.5 Å². The quantitative estimate of drug-likeness (QED) is 0.421. The van der Waals surface area contributed by atoms with Crippen LogP contribution in [0.1, 0.15) is 11.1 Å². The van der Waals surface area contributed by atoms with E-state index in [2.05, 4.69) is 21.2 Å². The van der Waals surface area contributed by atoms with E-state index in [1.165, 1.54) is 6.08 Å². The van der Waals surface area contributed by atoms with Gasteiger partial charge in [-0.15, -0.1) is 0 Å². The van der Waals surface area contributed by atoms with Gasteiger partial charge < -0.3 is 15.2 Å². The highest BCUT2D eigenvalue weighted by atomic mass is 79.9. The summed E-state index contributed by atoms with van der Waals surface area (Å²) in [6.07, 6.45) is 1.44. The second kappa shape index (κ2) is 10.1. The number of ether oxygens (including phenoxy) is 1. The van der Waals surface area contributed by atoms with Crippen molar-refractivity contribution in [2.75, 3.05) is 0 Å². The fourth-order valence-electron chi connectivity index (χ4n) is 2.59. The summed E-state index contributed by atoms with van der Waals surface area (Å²) in [5, 5.41) is 12.4. The fourth-order valence-corrected chi connectivity index (χ4v) is 3.08. The molecule has 0 aliphatic heterocycles. The lowest BCUT2D eigenvalue weighted by Gasteiger charge is -2.09. The van der Waals surface area contributed by atoms with Crippen molar-refractivity contribution >= 4 is 45.5 Å². The van der Waals surface area contributed by atoms with Crippen LogP contribution in [0.15, 0.2) is 83.0 Å². The zero-order valence-electron chi connectivity index (χ0n) is 15.6. The summed E-state index contributed by atoms with van der Waals surface area (Å²) < 4.78 is 6.62. The second-order valence-electron chi connectivity index (χ2n) is 6.32. The summed E-state index contributed by atoms with van der Waals surface area (Å²) >= 11 is 9.25. The smallest absolute Gasteiger partial charge is 0.352 e. The first-order chi connectivity index (χ1) is 14.4. The molecular formula is C23H17BrClNO4. The van der Waals surface area contributed by atoms with Gasteiger partial charge in [0, 0.05) is 5.02 Å². The zero-order chi connectivity index (χ0) is 21.5. The van der Waals surface area contributed by atoms with Crippen LogP contribution in [0.5, 0.6) is 11.5 Å². The van der Waals surface area contributed by atoms with Crippen molar-refractivity contribution in [3.63, 3.8) is 0 Å². The molecule has 0 radical (unpaired) electrons. The van der Waals surface area contributed by atoms with Crippen molar-refractivity contribution in [1.82, 2.24) is 5.32 Å². The minimum Gasteiger partial charge on any atom is -0.477 e. The van der Waals surface area contributed by atoms with Crippen LogP contribution in [0, 0.1) is 0 Å². The highest BCUT2D eigenvalue weighted by molar-refractivity contribution is 9.10. The second-order valence-corrected chi connectivity index (χ2v) is 7.61. The van der Waals surface area contributed by atoms with Crippen LogP contribution in [0.2, 0.25) is 5.02 Å². The molecule has 0 heterocycles. The number of amides is 1. The number of carbonyl (C=O) groups is 2. The Morgan fingerprint density at radius 1 is 1.00 bits per heavy atom. The molecule has 7 heteroatoms. The number of hydrogen-bond donors (Lipinski definition) is 2. The molecule has 3 rings (SSSR count). The molecule has 2 N–H and O–H groups in total. The number of aliphatic carboxylic acids is 1. The number of nitrogens with one attached hydrogen (secondary N) is 1. The maximum absolute atomic E-state index is 12.2. The molecular weight excluding hydrogens is 470 g/mol. The first-order valence-corrected chi connectivity index (χ1v) is 10.1. The van der Waals surface area contributed by atoms with Crippen LogP contribution in [-0.4, -0.2) is 17.0 Å². The molecule has 0 aromatic heterocycles. The molecule has 152 valence electrons. The minimum absolute atomic E-state index is 0.0422. The molecule has 3 aromatic rings. The SMILES string of the molecule is O=C(Cc1ccc(Cl)cc1)N/C(=C/c1ccc(Oc2ccccc2Br)cc1)C(=O)O. The minimum atomic E-state index is -1.23. The van der Waals surface area contributed by atoms with E-state index >= 15 is 0 Å². The van der Waals surface area contributed by atoms with Gasteiger partial charge in [-0.3, -0.25) is 4.79 Å². The number of rotatable bonds is 7. The maximum atomic E-state index is 12.2. The monoisotopic (exact) mass is 485 g/mol. The van der Waals surface area contributed by atoms with Crippen molar-refractivity contribution in [2.24, 2.45) is 0 Å². The number of benzene rings is 3. The van der Waals surface area contributed by atoms with Gasteiger partial charge in [0.25, 0.3) is 0 Å². The van der Waals surface area contributed by atoms with E-state index < -0.39 is 11.9 Å². The van der Waals surface area contributed by atoms with Gasteiger partial charge in [-0.25, -0.2) is 4.79 Å². The Kier molecular flexibility index (Phi) is 7.27. The Labute approximate surface area is 187 Å². The van der Waals surface area contributed by atoms with E-state index in [0.29, 0.717) is 22.1 Å². The summed E-state index contributed by atoms with van der Waals surface area (Å²) in [6.45, 7) is 0. The molecule has 0 saturated carbocycles. The average molecular weight is 487 g/mol. The summed E-state index contributed by atoms with van der Waals surface area (Å²) in [6, 6.07) is 21.1. The molecule has 1 amide bonds. The standard InChI is InChI=1S/C23H17BrClNO4/c24-19-3-1-2-4-21(19)30-18-11-7-15(8-12-18)13-20(23(28)29)26-22(27)14-16-5-9-17(25)10-6-16/h1-13H,14H2,(H,26,27)(H,28,29)/b20-13+. The molecule has 0 saturated heterocycles. The van der Waals surface area contributed by atoms with Crippen molar-refractivity contribution < 1.29 is 19.4 Å². The fraction of sp³-hybridized carbons (Fsp3) is 0.0435. The number of halogens is 2. The Morgan fingerprint density at radius 2 is 1.67 bits per heavy atom. The third-order valence-electron chi connectivity index (χ3n) is 4.04. The number of carboxylic acid groups (broad SMARTS) is 1. The van der Waals surface area contributed by atoms with Gasteiger partial charge in [-0.2, -0.15) is 0 Å². The third-order valence-corrected chi connectivity index (χ3v) is 4.95. The molecule has 0 unspecified atom stereocenters. The van der Waals surface area contributed by atoms with E-state index in [9.17, 15) is 14.7 Å². The molecule has 0 aliphatic carbocycles. The van der Waals surface area contributed by atoms with Crippen molar-refractivity contribution in [3.8, 4) is 11.5 Å². The van der Waals surface area contributed by atoms with Gasteiger partial charge in [0.2, 0.25) is 5.91 Å². The van der Waals surface area contributed by atoms with E-state index in [1.807, 2.05) is 24.3 Å². The highest BCUT2D eigenvalue weighted by Gasteiger charge is 2.12. The summed E-state index contributed by atoms with van der Waals surface area (Å²) in [5.74, 6) is -0.392. The number of carboxylic acids is 1. The lowest BCUT2D eigenvalue weighted by molar-refractivity contribution is -0.134. The summed E-state index contributed by atoms with van der Waals surface area (Å²) in [5.41, 5.74) is 1.13. The molecule has 5 nitrogen and oxygen atoms in total. The largest absolute Gasteiger partial charge is 0.477 e. The van der Waals surface area contributed by atoms with Crippen LogP contribution < -0.4 is 10.1 Å². The van der Waals surface area contributed by atoms with Gasteiger partial charge in [0.05, 0.1) is 10.9 Å². The molecule has 30 heavy (non-hydrogen) atoms. The highest BCUT2D eigenvalue weighted by Crippen LogP contribution is 2.29. The van der Waals surface area contributed by atoms with E-state index in [4.69, 9.17) is 16.3 Å². The molecule has 0 spiro atoms. The Bertz CT molecular complexity index is 1080. The number of hydrogen-bond acceptors (Lipinski definition) is 3. The van der Waals surface area contributed by atoms with E-state index in [0.717, 1.165) is 10.0 Å². The van der Waals surface area contributed by atoms with Crippen LogP contribution >= 0.6 is 27.5 Å². The zero-order valence-corrected chi connectivity index (χ0v) is 18.0. The number of para-hydroxylation sites is 1. The van der Waals surface area contributed by atoms with Gasteiger partial charge >= 0.3 is 5.97 Å². The third kappa shape index (κ3) is 6.20. The van der Waals surface area contributed by atoms with Crippen molar-refractivity contribution in [1.29, 1.82) is 0 Å². The lowest BCUT2D eigenvalue weighted by atomic mass is 10.1. The topological polar surface area (TPSA) is 75.6 Å². The van der Waals surface area contributed by atoms with E-state index in [-0.39, 0.29) is 12.1 Å². The van der Waals surface area contributed by atoms with Crippen LogP contribution in [0.25, 0.3) is 6.08 Å². The van der Waals surface area contributed by atoms with Gasteiger partial charge in [0.1, 0.15) is 17.2 Å². The van der Waals surface area contributed by atoms with Crippen LogP contribution in [0.4, 0.5) is 0 Å². The first-order valence-electron chi connectivity index (χ1n) is 8.92. The predicted molar refractivity (Wildman–Crippen MR) is 120 cm³/mol. The predicted octanol–water partition coefficient (Wildman–Crippen LogP) is 5.68. The number of carbonyl (C=O) groups excluding carboxylic acids is 1. The van der Waals surface area contributed by atoms with Crippen LogP contribution in [0.3, 0.4) is 0 Å². The molecule has 0 aliphatic rings. The van der Waals surface area contributed by atoms with Gasteiger partial charge in [0.15, 0.2) is 0 Å². The Balaban J connectivity index is 1.68. The first kappa shape index (κ1) is 21.6. The van der Waals surface area contributed by atoms with Crippen LogP contribution in [-0.2, 0) is 16.0 Å². The molecule has 3 aromatic carbocycles. The molecule has 0 atom stereocenters. The lowest BCUT2D eigenvalue weighted by Crippen LogP contribution is -2.28. The van der Waals surface area contributed by atoms with Crippen molar-refractivity contribution in [3.05, 3.63) is 99.1 Å². The maximum Gasteiger partial charge on any atom is 0.352 e. The molecule has 0 fully saturated rings. The average Bonchev–Trinajstić information content (AvgIpc) is 2.72. The molecule has 0 bridgehead atoms. The summed E-state index contributed by atoms with van der Waals surface area (Å²) in [7, 11) is 0. The Morgan fingerprint density at radius 3 is 2.30 bits per heavy atom. The normalized spacial score (nSPS) is 11.1. The van der Waals surface area contributed by atoms with Gasteiger partial charge in [-0.1, -0.05) is 48.0 Å². The summed E-state index contributed by atoms with van der Waals surface area (Å²) in [4.78, 5) is 23.8. The van der Waals surface area contributed by atoms with Crippen molar-refractivity contribution in [2.45, 2.75) is 6.42 Å². The Hall–Kier alpha value is -3.09.